The summed E-state index contributed by atoms with van der Waals surface area (Å²) in [6, 6.07) is 4.23. The van der Waals surface area contributed by atoms with Gasteiger partial charge in [-0.1, -0.05) is 38.5 Å². The highest BCUT2D eigenvalue weighted by Crippen LogP contribution is 2.33. The van der Waals surface area contributed by atoms with Gasteiger partial charge in [-0.25, -0.2) is 10.3 Å². The van der Waals surface area contributed by atoms with E-state index < -0.39 is 78.5 Å². The number of hydroxylamine groups is 1. The number of hydrogen-bond donors (Lipinski definition) is 12. The van der Waals surface area contributed by atoms with Crippen molar-refractivity contribution in [2.75, 3.05) is 37.4 Å². The van der Waals surface area contributed by atoms with Crippen LogP contribution in [-0.4, -0.2) is 136 Å². The number of fused-ring (bicyclic) bond motifs is 2. The minimum absolute atomic E-state index is 0.00478. The highest BCUT2D eigenvalue weighted by molar-refractivity contribution is 8.00. The van der Waals surface area contributed by atoms with Crippen LogP contribution in [0.25, 0.3) is 10.9 Å². The summed E-state index contributed by atoms with van der Waals surface area (Å²) in [7, 11) is 0. The molecule has 1 aromatic carbocycles. The Labute approximate surface area is 398 Å². The Hall–Kier alpha value is -5.55. The second kappa shape index (κ2) is 27.9. The number of unbranched alkanes of at least 4 members (excludes halogenated alkanes) is 2. The summed E-state index contributed by atoms with van der Waals surface area (Å²) >= 11 is 3.28. The molecule has 1 unspecified atom stereocenters. The summed E-state index contributed by atoms with van der Waals surface area (Å²) in [5, 5.41) is 31.9. The number of aromatic nitrogens is 1. The number of amides is 10. The molecule has 370 valence electrons. The van der Waals surface area contributed by atoms with Crippen LogP contribution in [0.2, 0.25) is 0 Å². The number of nitrogens with two attached hydrogens (primary N) is 1. The summed E-state index contributed by atoms with van der Waals surface area (Å²) in [4.78, 5) is 118. The van der Waals surface area contributed by atoms with Gasteiger partial charge in [-0.05, 0) is 74.5 Å². The Kier molecular flexibility index (Phi) is 22.5. The monoisotopic (exact) mass is 973 g/mol. The number of H-pyrrole nitrogens is 1. The molecule has 4 rings (SSSR count). The third-order valence-corrected chi connectivity index (χ3v) is 13.7. The highest BCUT2D eigenvalue weighted by Gasteiger charge is 2.42. The highest BCUT2D eigenvalue weighted by atomic mass is 32.2. The quantitative estimate of drug-likeness (QED) is 0.0216. The summed E-state index contributed by atoms with van der Waals surface area (Å²) in [6.45, 7) is 3.04. The van der Waals surface area contributed by atoms with Crippen molar-refractivity contribution in [1.82, 2.24) is 53.0 Å². The molecule has 2 aliphatic heterocycles. The van der Waals surface area contributed by atoms with E-state index in [2.05, 4.69) is 47.5 Å². The van der Waals surface area contributed by atoms with Gasteiger partial charge in [-0.3, -0.25) is 43.6 Å². The maximum atomic E-state index is 13.9. The fourth-order valence-electron chi connectivity index (χ4n) is 8.04. The summed E-state index contributed by atoms with van der Waals surface area (Å²) in [6.07, 6.45) is 7.86. The van der Waals surface area contributed by atoms with Gasteiger partial charge in [-0.2, -0.15) is 23.5 Å². The van der Waals surface area contributed by atoms with Crippen molar-refractivity contribution < 1.29 is 48.4 Å². The summed E-state index contributed by atoms with van der Waals surface area (Å²) in [5.41, 5.74) is 8.57. The number of benzene rings is 1. The van der Waals surface area contributed by atoms with Crippen LogP contribution in [0.5, 0.6) is 0 Å². The van der Waals surface area contributed by atoms with Gasteiger partial charge in [0.15, 0.2) is 0 Å². The van der Waals surface area contributed by atoms with Crippen LogP contribution in [0.1, 0.15) is 83.6 Å². The fraction of sp³-hybridized carbons (Fsp3) is 0.614. The smallest absolute Gasteiger partial charge is 0.315 e. The number of aromatic amines is 1. The zero-order chi connectivity index (χ0) is 48.9. The molecule has 2 saturated heterocycles. The largest absolute Gasteiger partial charge is 0.368 e. The van der Waals surface area contributed by atoms with Crippen LogP contribution < -0.4 is 53.7 Å². The topological polar surface area (TPSA) is 324 Å². The molecule has 7 atom stereocenters. The molecule has 13 N–H and O–H groups in total. The predicted molar refractivity (Wildman–Crippen MR) is 254 cm³/mol. The predicted octanol–water partition coefficient (Wildman–Crippen LogP) is 0.206. The third kappa shape index (κ3) is 18.2. The Morgan fingerprint density at radius 1 is 0.821 bits per heavy atom. The molecule has 2 aliphatic rings. The van der Waals surface area contributed by atoms with E-state index in [1.54, 1.807) is 11.7 Å². The molecular weight excluding hydrogens is 907 g/mol. The van der Waals surface area contributed by atoms with Crippen LogP contribution >= 0.6 is 23.5 Å². The molecule has 67 heavy (non-hydrogen) atoms. The maximum absolute atomic E-state index is 13.9. The van der Waals surface area contributed by atoms with Crippen molar-refractivity contribution in [3.8, 4) is 0 Å². The normalized spacial score (nSPS) is 18.0. The maximum Gasteiger partial charge on any atom is 0.315 e. The van der Waals surface area contributed by atoms with Crippen molar-refractivity contribution in [1.29, 1.82) is 0 Å². The summed E-state index contributed by atoms with van der Waals surface area (Å²) < 4.78 is 0. The van der Waals surface area contributed by atoms with Crippen molar-refractivity contribution >= 4 is 87.7 Å². The molecule has 0 radical (unpaired) electrons. The van der Waals surface area contributed by atoms with E-state index in [0.717, 1.165) is 35.9 Å². The van der Waals surface area contributed by atoms with Gasteiger partial charge in [0.1, 0.15) is 18.1 Å². The zero-order valence-electron chi connectivity index (χ0n) is 38.3. The van der Waals surface area contributed by atoms with E-state index >= 15 is 0 Å². The first-order valence-corrected chi connectivity index (χ1v) is 25.2. The molecule has 0 spiro atoms. The average Bonchev–Trinajstić information content (AvgIpc) is 4.00. The Bertz CT molecular complexity index is 2040. The molecule has 0 bridgehead atoms. The first kappa shape index (κ1) is 54.1. The van der Waals surface area contributed by atoms with E-state index in [1.807, 2.05) is 56.1 Å². The number of rotatable bonds is 30. The van der Waals surface area contributed by atoms with Crippen molar-refractivity contribution in [3.05, 3.63) is 36.0 Å². The Morgan fingerprint density at radius 2 is 1.57 bits per heavy atom. The molecule has 1 aromatic heterocycles. The molecule has 3 heterocycles. The number of carbonyl (C=O) groups excluding carboxylic acids is 9. The molecule has 10 amide bonds. The van der Waals surface area contributed by atoms with Gasteiger partial charge in [-0.15, -0.1) is 0 Å². The number of primary amides is 1. The first-order valence-electron chi connectivity index (χ1n) is 22.7. The second-order valence-corrected chi connectivity index (χ2v) is 19.5. The number of nitrogens with one attached hydrogen (secondary N) is 10. The van der Waals surface area contributed by atoms with Gasteiger partial charge in [0.05, 0.1) is 25.2 Å². The minimum atomic E-state index is -1.22. The van der Waals surface area contributed by atoms with E-state index in [9.17, 15) is 43.2 Å². The SMILES string of the molecule is CSCC[C@H](NC(=O)C(CC(=O)NO)CC(C)C)C(=O)N[C@@H](Cc1c[nH]c2ccccc12)C(=O)NCC(=O)NCC(=O)N[C@@H](CCCCNC(=O)CCCC[C@@H]1SC[C@@H]2NC(=O)N[C@@H]21)C(N)=O. The lowest BCUT2D eigenvalue weighted by Crippen LogP contribution is -2.56. The molecule has 23 heteroatoms. The number of hydrogen-bond acceptors (Lipinski definition) is 12. The van der Waals surface area contributed by atoms with Gasteiger partial charge in [0.2, 0.25) is 47.3 Å². The van der Waals surface area contributed by atoms with E-state index in [1.165, 1.54) is 11.8 Å². The molecule has 2 aromatic rings. The molecule has 0 aliphatic carbocycles. The van der Waals surface area contributed by atoms with Crippen LogP contribution in [0.3, 0.4) is 0 Å². The lowest BCUT2D eigenvalue weighted by Gasteiger charge is -2.25. The van der Waals surface area contributed by atoms with E-state index in [0.29, 0.717) is 48.8 Å². The van der Waals surface area contributed by atoms with Crippen molar-refractivity contribution in [3.63, 3.8) is 0 Å². The van der Waals surface area contributed by atoms with E-state index in [4.69, 9.17) is 10.9 Å². The van der Waals surface area contributed by atoms with Crippen LogP contribution in [-0.2, 0) is 44.8 Å². The lowest BCUT2D eigenvalue weighted by molar-refractivity contribution is -0.137. The fourth-order valence-corrected chi connectivity index (χ4v) is 10.1. The first-order chi connectivity index (χ1) is 32.1. The molecule has 0 saturated carbocycles. The molecule has 2 fully saturated rings. The van der Waals surface area contributed by atoms with Gasteiger partial charge in [0.25, 0.3) is 0 Å². The van der Waals surface area contributed by atoms with Gasteiger partial charge >= 0.3 is 6.03 Å². The number of para-hydroxylation sites is 1. The molecule has 21 nitrogen and oxygen atoms in total. The van der Waals surface area contributed by atoms with Gasteiger partial charge < -0.3 is 53.3 Å². The number of carbonyl (C=O) groups is 9. The second-order valence-electron chi connectivity index (χ2n) is 17.3. The lowest BCUT2D eigenvalue weighted by atomic mass is 9.92. The van der Waals surface area contributed by atoms with E-state index in [-0.39, 0.29) is 55.6 Å². The Morgan fingerprint density at radius 3 is 2.30 bits per heavy atom. The average molecular weight is 974 g/mol. The Balaban J connectivity index is 1.23. The van der Waals surface area contributed by atoms with Crippen molar-refractivity contribution in [2.45, 2.75) is 120 Å². The standard InChI is InChI=1S/C44H67N11O10S2/c1-25(2)18-26(20-36(57)55-65)41(61)51-31(15-17-66-3)43(63)52-32(19-27-21-47-29-11-5-4-10-28(27)29)42(62)49-22-37(58)48-23-38(59)50-30(40(45)60)12-8-9-16-46-35(56)14-7-6-13-34-39-33(24-67-34)53-44(64)54-39/h4-5,10-11,21,25-26,30-34,39,47,65H,6-9,12-20,22-24H2,1-3H3,(H2,45,60)(H,46,56)(H,48,58)(H,49,62)(H,50,59)(H,51,61)(H,52,63)(H,55,57)(H2,53,54,64)/t26?,30-,31-,32-,33-,34-,39-/m0/s1. The number of thioether (sulfide) groups is 2. The van der Waals surface area contributed by atoms with Crippen molar-refractivity contribution in [2.24, 2.45) is 17.6 Å². The van der Waals surface area contributed by atoms with Crippen LogP contribution in [0.15, 0.2) is 30.5 Å². The number of urea groups is 1. The minimum Gasteiger partial charge on any atom is -0.368 e. The third-order valence-electron chi connectivity index (χ3n) is 11.5. The van der Waals surface area contributed by atoms with Crippen LogP contribution in [0, 0.1) is 11.8 Å². The van der Waals surface area contributed by atoms with Gasteiger partial charge in [0, 0.05) is 59.8 Å². The molecular formula is C44H67N11O10S2. The summed E-state index contributed by atoms with van der Waals surface area (Å²) in [5.74, 6) is -4.40. The van der Waals surface area contributed by atoms with Crippen LogP contribution in [0.4, 0.5) is 4.79 Å². The zero-order valence-corrected chi connectivity index (χ0v) is 40.0.